The molecule has 1 aromatic heterocycles. The largest absolute Gasteiger partial charge is 0.245 e. The lowest BCUT2D eigenvalue weighted by atomic mass is 9.88. The van der Waals surface area contributed by atoms with Crippen LogP contribution in [0.2, 0.25) is 0 Å². The quantitative estimate of drug-likeness (QED) is 0.714. The molecule has 0 aliphatic rings. The Labute approximate surface area is 86.8 Å². The fraction of sp³-hybridized carbons (Fsp3) is 0.667. The van der Waals surface area contributed by atoms with Crippen LogP contribution in [0.15, 0.2) is 18.7 Å². The van der Waals surface area contributed by atoms with Crippen molar-refractivity contribution in [3.8, 4) is 0 Å². The van der Waals surface area contributed by atoms with E-state index in [1.165, 1.54) is 24.8 Å². The average molecular weight is 192 g/mol. The van der Waals surface area contributed by atoms with E-state index in [4.69, 9.17) is 0 Å². The Morgan fingerprint density at radius 2 is 1.79 bits per heavy atom. The zero-order chi connectivity index (χ0) is 10.4. The number of hydrogen-bond acceptors (Lipinski definition) is 2. The molecule has 1 rings (SSSR count). The van der Waals surface area contributed by atoms with Crippen LogP contribution in [-0.4, -0.2) is 9.97 Å². The predicted octanol–water partition coefficient (Wildman–Crippen LogP) is 3.41. The average Bonchev–Trinajstić information content (AvgIpc) is 2.26. The smallest absolute Gasteiger partial charge is 0.115 e. The molecule has 2 nitrogen and oxygen atoms in total. The molecule has 0 aliphatic carbocycles. The van der Waals surface area contributed by atoms with Gasteiger partial charge in [-0.1, -0.05) is 27.2 Å². The standard InChI is InChI=1S/C12H20N2/c1-4-10(3)6-11(5-2)12-7-13-9-14-8-12/h7-11H,4-6H2,1-3H3. The first-order chi connectivity index (χ1) is 6.77. The van der Waals surface area contributed by atoms with Crippen LogP contribution in [0.3, 0.4) is 0 Å². The molecule has 0 aromatic carbocycles. The molecular weight excluding hydrogens is 172 g/mol. The van der Waals surface area contributed by atoms with Gasteiger partial charge in [0.25, 0.3) is 0 Å². The molecule has 14 heavy (non-hydrogen) atoms. The van der Waals surface area contributed by atoms with Gasteiger partial charge in [-0.2, -0.15) is 0 Å². The van der Waals surface area contributed by atoms with E-state index in [0.29, 0.717) is 5.92 Å². The molecule has 0 radical (unpaired) electrons. The van der Waals surface area contributed by atoms with Crippen LogP contribution in [0.1, 0.15) is 51.5 Å². The van der Waals surface area contributed by atoms with E-state index in [-0.39, 0.29) is 0 Å². The minimum absolute atomic E-state index is 0.631. The minimum Gasteiger partial charge on any atom is -0.245 e. The summed E-state index contributed by atoms with van der Waals surface area (Å²) >= 11 is 0. The summed E-state index contributed by atoms with van der Waals surface area (Å²) in [5, 5.41) is 0. The lowest BCUT2D eigenvalue weighted by Crippen LogP contribution is -2.04. The van der Waals surface area contributed by atoms with Crippen molar-refractivity contribution in [3.63, 3.8) is 0 Å². The second kappa shape index (κ2) is 5.74. The van der Waals surface area contributed by atoms with Crippen LogP contribution in [0.5, 0.6) is 0 Å². The van der Waals surface area contributed by atoms with Crippen molar-refractivity contribution in [1.82, 2.24) is 9.97 Å². The Kier molecular flexibility index (Phi) is 4.57. The van der Waals surface area contributed by atoms with E-state index in [1.807, 2.05) is 12.4 Å². The Balaban J connectivity index is 2.63. The van der Waals surface area contributed by atoms with Crippen molar-refractivity contribution in [2.45, 2.75) is 46.0 Å². The van der Waals surface area contributed by atoms with Crippen LogP contribution < -0.4 is 0 Å². The van der Waals surface area contributed by atoms with E-state index in [2.05, 4.69) is 30.7 Å². The Hall–Kier alpha value is -0.920. The summed E-state index contributed by atoms with van der Waals surface area (Å²) in [6.07, 6.45) is 9.18. The second-order valence-electron chi connectivity index (χ2n) is 4.03. The summed E-state index contributed by atoms with van der Waals surface area (Å²) in [7, 11) is 0. The van der Waals surface area contributed by atoms with E-state index in [9.17, 15) is 0 Å². The van der Waals surface area contributed by atoms with Crippen LogP contribution >= 0.6 is 0 Å². The van der Waals surface area contributed by atoms with E-state index in [0.717, 1.165) is 5.92 Å². The van der Waals surface area contributed by atoms with E-state index >= 15 is 0 Å². The zero-order valence-corrected chi connectivity index (χ0v) is 9.40. The molecular formula is C12H20N2. The molecule has 0 saturated carbocycles. The molecule has 78 valence electrons. The third kappa shape index (κ3) is 3.09. The number of nitrogens with zero attached hydrogens (tertiary/aromatic N) is 2. The van der Waals surface area contributed by atoms with Crippen LogP contribution in [0, 0.1) is 5.92 Å². The van der Waals surface area contributed by atoms with Crippen LogP contribution in [0.25, 0.3) is 0 Å². The highest BCUT2D eigenvalue weighted by Gasteiger charge is 2.12. The van der Waals surface area contributed by atoms with Gasteiger partial charge in [-0.3, -0.25) is 0 Å². The molecule has 2 heteroatoms. The first-order valence-electron chi connectivity index (χ1n) is 5.52. The maximum absolute atomic E-state index is 4.08. The van der Waals surface area contributed by atoms with Crippen molar-refractivity contribution in [2.24, 2.45) is 5.92 Å². The highest BCUT2D eigenvalue weighted by Crippen LogP contribution is 2.26. The molecule has 0 N–H and O–H groups in total. The maximum Gasteiger partial charge on any atom is 0.115 e. The third-order valence-corrected chi connectivity index (χ3v) is 2.93. The summed E-state index contributed by atoms with van der Waals surface area (Å²) in [6, 6.07) is 0. The lowest BCUT2D eigenvalue weighted by Gasteiger charge is -2.18. The molecule has 1 aromatic rings. The van der Waals surface area contributed by atoms with Gasteiger partial charge in [-0.15, -0.1) is 0 Å². The highest BCUT2D eigenvalue weighted by atomic mass is 14.8. The normalized spacial score (nSPS) is 15.1. The summed E-state index contributed by atoms with van der Waals surface area (Å²) in [6.45, 7) is 6.80. The zero-order valence-electron chi connectivity index (χ0n) is 9.40. The molecule has 0 spiro atoms. The molecule has 2 unspecified atom stereocenters. The van der Waals surface area contributed by atoms with Gasteiger partial charge < -0.3 is 0 Å². The highest BCUT2D eigenvalue weighted by molar-refractivity contribution is 5.09. The first kappa shape index (κ1) is 11.2. The van der Waals surface area contributed by atoms with Crippen molar-refractivity contribution in [3.05, 3.63) is 24.3 Å². The monoisotopic (exact) mass is 192 g/mol. The van der Waals surface area contributed by atoms with Crippen molar-refractivity contribution in [2.75, 3.05) is 0 Å². The van der Waals surface area contributed by atoms with E-state index in [1.54, 1.807) is 6.33 Å². The van der Waals surface area contributed by atoms with Crippen molar-refractivity contribution >= 4 is 0 Å². The summed E-state index contributed by atoms with van der Waals surface area (Å²) in [5.74, 6) is 1.42. The first-order valence-corrected chi connectivity index (χ1v) is 5.52. The van der Waals surface area contributed by atoms with Gasteiger partial charge in [-0.25, -0.2) is 9.97 Å². The fourth-order valence-corrected chi connectivity index (χ4v) is 1.71. The van der Waals surface area contributed by atoms with Gasteiger partial charge in [0.15, 0.2) is 0 Å². The van der Waals surface area contributed by atoms with Gasteiger partial charge in [-0.05, 0) is 30.2 Å². The summed E-state index contributed by atoms with van der Waals surface area (Å²) in [5.41, 5.74) is 1.29. The topological polar surface area (TPSA) is 25.8 Å². The molecule has 0 amide bonds. The number of rotatable bonds is 5. The number of aromatic nitrogens is 2. The van der Waals surface area contributed by atoms with Gasteiger partial charge in [0.1, 0.15) is 6.33 Å². The Morgan fingerprint density at radius 1 is 1.14 bits per heavy atom. The Bertz CT molecular complexity index is 246. The minimum atomic E-state index is 0.631. The van der Waals surface area contributed by atoms with Crippen molar-refractivity contribution < 1.29 is 0 Å². The van der Waals surface area contributed by atoms with Gasteiger partial charge >= 0.3 is 0 Å². The molecule has 2 atom stereocenters. The van der Waals surface area contributed by atoms with Gasteiger partial charge in [0, 0.05) is 12.4 Å². The predicted molar refractivity (Wildman–Crippen MR) is 59.1 cm³/mol. The van der Waals surface area contributed by atoms with E-state index < -0.39 is 0 Å². The molecule has 1 heterocycles. The lowest BCUT2D eigenvalue weighted by molar-refractivity contribution is 0.445. The second-order valence-corrected chi connectivity index (χ2v) is 4.03. The van der Waals surface area contributed by atoms with Crippen molar-refractivity contribution in [1.29, 1.82) is 0 Å². The van der Waals surface area contributed by atoms with Gasteiger partial charge in [0.05, 0.1) is 0 Å². The maximum atomic E-state index is 4.08. The third-order valence-electron chi connectivity index (χ3n) is 2.93. The van der Waals surface area contributed by atoms with Crippen LogP contribution in [-0.2, 0) is 0 Å². The number of hydrogen-bond donors (Lipinski definition) is 0. The van der Waals surface area contributed by atoms with Crippen LogP contribution in [0.4, 0.5) is 0 Å². The molecule has 0 fully saturated rings. The van der Waals surface area contributed by atoms with Gasteiger partial charge in [0.2, 0.25) is 0 Å². The SMILES string of the molecule is CCC(C)CC(CC)c1cncnc1. The molecule has 0 bridgehead atoms. The Morgan fingerprint density at radius 3 is 2.29 bits per heavy atom. The molecule has 0 saturated heterocycles. The summed E-state index contributed by atoms with van der Waals surface area (Å²) in [4.78, 5) is 8.15. The summed E-state index contributed by atoms with van der Waals surface area (Å²) < 4.78 is 0. The molecule has 0 aliphatic heterocycles. The fourth-order valence-electron chi connectivity index (χ4n) is 1.71.